The Bertz CT molecular complexity index is 552. The number of carbonyl (C=O) groups excluding carboxylic acids is 1. The molecule has 2 aromatic rings. The third-order valence-corrected chi connectivity index (χ3v) is 2.59. The van der Waals surface area contributed by atoms with E-state index in [1.807, 2.05) is 0 Å². The minimum absolute atomic E-state index is 0.189. The van der Waals surface area contributed by atoms with Crippen LogP contribution in [0.4, 0.5) is 13.2 Å². The Morgan fingerprint density at radius 3 is 2.71 bits per heavy atom. The molecule has 0 atom stereocenters. The zero-order valence-corrected chi connectivity index (χ0v) is 9.10. The average molecular weight is 261 g/mol. The number of rotatable bonds is 2. The molecule has 0 unspecified atom stereocenters. The molecule has 0 bridgehead atoms. The molecule has 8 heteroatoms. The van der Waals surface area contributed by atoms with Crippen LogP contribution in [-0.2, 0) is 11.3 Å². The van der Waals surface area contributed by atoms with Gasteiger partial charge in [-0.1, -0.05) is 6.07 Å². The Kier molecular flexibility index (Phi) is 2.97. The van der Waals surface area contributed by atoms with E-state index in [4.69, 9.17) is 0 Å². The second kappa shape index (κ2) is 4.28. The highest BCUT2D eigenvalue weighted by molar-refractivity contribution is 7.00. The van der Waals surface area contributed by atoms with E-state index in [1.165, 1.54) is 0 Å². The zero-order valence-electron chi connectivity index (χ0n) is 8.28. The Morgan fingerprint density at radius 2 is 2.00 bits per heavy atom. The van der Waals surface area contributed by atoms with Crippen molar-refractivity contribution in [3.05, 3.63) is 23.8 Å². The highest BCUT2D eigenvalue weighted by atomic mass is 32.1. The predicted octanol–water partition coefficient (Wildman–Crippen LogP) is 1.87. The predicted molar refractivity (Wildman–Crippen MR) is 55.3 cm³/mol. The van der Waals surface area contributed by atoms with Crippen LogP contribution in [0.15, 0.2) is 18.2 Å². The van der Waals surface area contributed by atoms with E-state index in [9.17, 15) is 18.0 Å². The van der Waals surface area contributed by atoms with Crippen LogP contribution in [0.25, 0.3) is 11.0 Å². The Hall–Kier alpha value is -1.70. The van der Waals surface area contributed by atoms with Gasteiger partial charge >= 0.3 is 12.1 Å². The summed E-state index contributed by atoms with van der Waals surface area (Å²) in [5.41, 5.74) is 1.83. The van der Waals surface area contributed by atoms with Crippen molar-refractivity contribution in [1.82, 2.24) is 14.1 Å². The summed E-state index contributed by atoms with van der Waals surface area (Å²) in [7, 11) is 0. The molecule has 0 saturated carbocycles. The molecule has 1 amide bonds. The highest BCUT2D eigenvalue weighted by Crippen LogP contribution is 2.16. The van der Waals surface area contributed by atoms with Gasteiger partial charge in [-0.25, -0.2) is 0 Å². The fraction of sp³-hybridized carbons (Fsp3) is 0.222. The standard InChI is InChI=1S/C9H6F3N3OS/c10-9(11,12)8(16)13-4-5-1-2-6-7(3-5)15-17-14-6/h1-3H,4H2,(H,13,16). The summed E-state index contributed by atoms with van der Waals surface area (Å²) in [4.78, 5) is 10.6. The van der Waals surface area contributed by atoms with Crippen LogP contribution in [0.1, 0.15) is 5.56 Å². The van der Waals surface area contributed by atoms with E-state index < -0.39 is 12.1 Å². The normalized spacial score (nSPS) is 11.7. The summed E-state index contributed by atoms with van der Waals surface area (Å²) in [5.74, 6) is -1.95. The SMILES string of the molecule is O=C(NCc1ccc2nsnc2c1)C(F)(F)F. The molecule has 0 aliphatic heterocycles. The molecule has 1 N–H and O–H groups in total. The fourth-order valence-electron chi connectivity index (χ4n) is 1.22. The van der Waals surface area contributed by atoms with E-state index >= 15 is 0 Å². The molecule has 0 aliphatic rings. The van der Waals surface area contributed by atoms with Crippen LogP contribution in [0.3, 0.4) is 0 Å². The molecule has 0 radical (unpaired) electrons. The van der Waals surface area contributed by atoms with Crippen LogP contribution in [0, 0.1) is 0 Å². The van der Waals surface area contributed by atoms with E-state index in [0.717, 1.165) is 11.7 Å². The number of nitrogens with one attached hydrogen (secondary N) is 1. The number of hydrogen-bond acceptors (Lipinski definition) is 4. The van der Waals surface area contributed by atoms with Crippen LogP contribution >= 0.6 is 11.7 Å². The van der Waals surface area contributed by atoms with Crippen LogP contribution < -0.4 is 5.32 Å². The van der Waals surface area contributed by atoms with Crippen molar-refractivity contribution in [3.8, 4) is 0 Å². The zero-order chi connectivity index (χ0) is 12.5. The van der Waals surface area contributed by atoms with Gasteiger partial charge in [0.05, 0.1) is 11.7 Å². The molecule has 0 aliphatic carbocycles. The van der Waals surface area contributed by atoms with Crippen LogP contribution in [-0.4, -0.2) is 20.8 Å². The minimum atomic E-state index is -4.85. The van der Waals surface area contributed by atoms with Crippen molar-refractivity contribution in [2.45, 2.75) is 12.7 Å². The average Bonchev–Trinajstić information content (AvgIpc) is 2.71. The van der Waals surface area contributed by atoms with E-state index in [2.05, 4.69) is 8.75 Å². The number of benzene rings is 1. The maximum absolute atomic E-state index is 11.9. The molecular weight excluding hydrogens is 255 g/mol. The number of fused-ring (bicyclic) bond motifs is 1. The van der Waals surface area contributed by atoms with Crippen molar-refractivity contribution in [1.29, 1.82) is 0 Å². The third-order valence-electron chi connectivity index (χ3n) is 2.03. The van der Waals surface area contributed by atoms with Crippen LogP contribution in [0.5, 0.6) is 0 Å². The highest BCUT2D eigenvalue weighted by Gasteiger charge is 2.38. The quantitative estimate of drug-likeness (QED) is 0.897. The number of carbonyl (C=O) groups is 1. The topological polar surface area (TPSA) is 54.9 Å². The smallest absolute Gasteiger partial charge is 0.344 e. The molecule has 0 saturated heterocycles. The Morgan fingerprint density at radius 1 is 1.29 bits per heavy atom. The minimum Gasteiger partial charge on any atom is -0.344 e. The lowest BCUT2D eigenvalue weighted by Gasteiger charge is -2.07. The Labute approximate surface area is 97.8 Å². The van der Waals surface area contributed by atoms with Crippen molar-refractivity contribution in [2.75, 3.05) is 0 Å². The van der Waals surface area contributed by atoms with Gasteiger partial charge in [0.25, 0.3) is 0 Å². The molecule has 1 aromatic heterocycles. The van der Waals surface area contributed by atoms with Gasteiger partial charge in [-0.05, 0) is 17.7 Å². The first kappa shape index (κ1) is 11.8. The number of halogens is 3. The molecule has 0 fully saturated rings. The summed E-state index contributed by atoms with van der Waals surface area (Å²) in [6.45, 7) is -0.189. The van der Waals surface area contributed by atoms with E-state index in [1.54, 1.807) is 23.5 Å². The molecule has 2 rings (SSSR count). The van der Waals surface area contributed by atoms with E-state index in [-0.39, 0.29) is 6.54 Å². The van der Waals surface area contributed by atoms with Crippen LogP contribution in [0.2, 0.25) is 0 Å². The summed E-state index contributed by atoms with van der Waals surface area (Å²) < 4.78 is 43.7. The van der Waals surface area contributed by atoms with Gasteiger partial charge in [0.15, 0.2) is 0 Å². The lowest BCUT2D eigenvalue weighted by atomic mass is 10.2. The van der Waals surface area contributed by atoms with Gasteiger partial charge in [0, 0.05) is 6.54 Å². The van der Waals surface area contributed by atoms with Crippen molar-refractivity contribution in [2.24, 2.45) is 0 Å². The van der Waals surface area contributed by atoms with Gasteiger partial charge in [-0.3, -0.25) is 4.79 Å². The van der Waals surface area contributed by atoms with Crippen molar-refractivity contribution >= 4 is 28.7 Å². The first-order valence-electron chi connectivity index (χ1n) is 4.53. The molecule has 0 spiro atoms. The number of hydrogen-bond donors (Lipinski definition) is 1. The van der Waals surface area contributed by atoms with Crippen molar-refractivity contribution in [3.63, 3.8) is 0 Å². The summed E-state index contributed by atoms with van der Waals surface area (Å²) >= 11 is 1.02. The molecular formula is C9H6F3N3OS. The largest absolute Gasteiger partial charge is 0.471 e. The van der Waals surface area contributed by atoms with Gasteiger partial charge in [-0.15, -0.1) is 0 Å². The molecule has 1 heterocycles. The number of aromatic nitrogens is 2. The number of nitrogens with zero attached hydrogens (tertiary/aromatic N) is 2. The first-order valence-corrected chi connectivity index (χ1v) is 5.26. The Balaban J connectivity index is 2.06. The lowest BCUT2D eigenvalue weighted by Crippen LogP contribution is -2.36. The summed E-state index contributed by atoms with van der Waals surface area (Å²) in [6, 6.07) is 4.84. The molecule has 17 heavy (non-hydrogen) atoms. The number of amides is 1. The first-order chi connectivity index (χ1) is 7.97. The van der Waals surface area contributed by atoms with E-state index in [0.29, 0.717) is 16.6 Å². The number of alkyl halides is 3. The molecule has 1 aromatic carbocycles. The second-order valence-electron chi connectivity index (χ2n) is 3.27. The summed E-state index contributed by atoms with van der Waals surface area (Å²) in [5, 5.41) is 1.79. The molecule has 4 nitrogen and oxygen atoms in total. The second-order valence-corrected chi connectivity index (χ2v) is 3.80. The van der Waals surface area contributed by atoms with Crippen molar-refractivity contribution < 1.29 is 18.0 Å². The summed E-state index contributed by atoms with van der Waals surface area (Å²) in [6.07, 6.45) is -4.85. The van der Waals surface area contributed by atoms with Gasteiger partial charge in [-0.2, -0.15) is 21.9 Å². The third kappa shape index (κ3) is 2.70. The molecule has 90 valence electrons. The maximum atomic E-state index is 11.9. The van der Waals surface area contributed by atoms with Gasteiger partial charge in [0.1, 0.15) is 11.0 Å². The monoisotopic (exact) mass is 261 g/mol. The fourth-order valence-corrected chi connectivity index (χ4v) is 1.74. The van der Waals surface area contributed by atoms with Gasteiger partial charge in [0.2, 0.25) is 0 Å². The lowest BCUT2D eigenvalue weighted by molar-refractivity contribution is -0.173. The maximum Gasteiger partial charge on any atom is 0.471 e. The van der Waals surface area contributed by atoms with Gasteiger partial charge < -0.3 is 5.32 Å².